The fraction of sp³-hybridized carbons (Fsp3) is 0.0149. The molecule has 2 nitrogen and oxygen atoms in total. The minimum atomic E-state index is 0.928. The summed E-state index contributed by atoms with van der Waals surface area (Å²) >= 11 is 0. The smallest absolute Gasteiger partial charge is 0.0540 e. The molecule has 1 aliphatic rings. The average Bonchev–Trinajstić information content (AvgIpc) is 3.91. The third-order valence-electron chi connectivity index (χ3n) is 13.5. The molecule has 0 amide bonds. The van der Waals surface area contributed by atoms with Crippen molar-refractivity contribution in [3.8, 4) is 55.6 Å². The van der Waals surface area contributed by atoms with Crippen LogP contribution >= 0.6 is 0 Å². The van der Waals surface area contributed by atoms with Crippen molar-refractivity contribution in [2.75, 3.05) is 9.80 Å². The van der Waals surface area contributed by atoms with E-state index in [2.05, 4.69) is 289 Å². The van der Waals surface area contributed by atoms with Crippen molar-refractivity contribution < 1.29 is 0 Å². The van der Waals surface area contributed by atoms with Crippen LogP contribution < -0.4 is 9.80 Å². The first kappa shape index (κ1) is 41.5. The van der Waals surface area contributed by atoms with E-state index in [1.807, 2.05) is 0 Å². The van der Waals surface area contributed by atoms with Gasteiger partial charge in [-0.3, -0.25) is 0 Å². The Morgan fingerprint density at radius 3 is 1.12 bits per heavy atom. The lowest BCUT2D eigenvalue weighted by molar-refractivity contribution is 1.24. The van der Waals surface area contributed by atoms with Crippen LogP contribution in [0.4, 0.5) is 34.1 Å². The summed E-state index contributed by atoms with van der Waals surface area (Å²) in [7, 11) is 0. The van der Waals surface area contributed by atoms with E-state index in [9.17, 15) is 0 Å². The maximum absolute atomic E-state index is 2.44. The molecule has 0 atom stereocenters. The van der Waals surface area contributed by atoms with Gasteiger partial charge < -0.3 is 9.80 Å². The highest BCUT2D eigenvalue weighted by Crippen LogP contribution is 2.48. The molecule has 2 heteroatoms. The number of fused-ring (bicyclic) bond motifs is 2. The summed E-state index contributed by atoms with van der Waals surface area (Å²) in [6, 6.07) is 97.1. The molecule has 69 heavy (non-hydrogen) atoms. The summed E-state index contributed by atoms with van der Waals surface area (Å²) in [6.07, 6.45) is 5.43. The maximum atomic E-state index is 2.44. The summed E-state index contributed by atoms with van der Waals surface area (Å²) in [6.45, 7) is 0. The number of allylic oxidation sites excluding steroid dienone is 1. The SMILES string of the molecule is C1=Cc2ccc(N(c3ccc(-c4ccc(-c5ccccc5)cc4)cc3)c3ccccc3-c3ccccc3N(c3ccc(-c4ccc(-c5ccccc5)cc4)cc3)c3ccc4ccccc4c3)cc2C1. The molecule has 0 bridgehead atoms. The van der Waals surface area contributed by atoms with Gasteiger partial charge in [-0.15, -0.1) is 0 Å². The van der Waals surface area contributed by atoms with Crippen LogP contribution in [0.15, 0.2) is 273 Å². The second-order valence-corrected chi connectivity index (χ2v) is 17.7. The largest absolute Gasteiger partial charge is 0.310 e. The molecule has 12 rings (SSSR count). The van der Waals surface area contributed by atoms with Crippen LogP contribution in [0.1, 0.15) is 11.1 Å². The zero-order valence-corrected chi connectivity index (χ0v) is 38.2. The fourth-order valence-electron chi connectivity index (χ4n) is 9.92. The molecule has 11 aromatic rings. The first-order valence-electron chi connectivity index (χ1n) is 23.8. The summed E-state index contributed by atoms with van der Waals surface area (Å²) < 4.78 is 0. The molecule has 0 aliphatic heterocycles. The van der Waals surface area contributed by atoms with Gasteiger partial charge in [-0.2, -0.15) is 0 Å². The number of hydrogen-bond acceptors (Lipinski definition) is 2. The van der Waals surface area contributed by atoms with E-state index in [4.69, 9.17) is 0 Å². The number of nitrogens with zero attached hydrogens (tertiary/aromatic N) is 2. The van der Waals surface area contributed by atoms with E-state index in [-0.39, 0.29) is 0 Å². The number of para-hydroxylation sites is 2. The molecule has 0 heterocycles. The lowest BCUT2D eigenvalue weighted by Crippen LogP contribution is -2.14. The summed E-state index contributed by atoms with van der Waals surface area (Å²) in [5.41, 5.74) is 21.1. The minimum Gasteiger partial charge on any atom is -0.310 e. The summed E-state index contributed by atoms with van der Waals surface area (Å²) in [5.74, 6) is 0. The molecular weight excluding hydrogens is 833 g/mol. The zero-order chi connectivity index (χ0) is 45.9. The normalized spacial score (nSPS) is 11.7. The predicted molar refractivity (Wildman–Crippen MR) is 293 cm³/mol. The van der Waals surface area contributed by atoms with E-state index >= 15 is 0 Å². The van der Waals surface area contributed by atoms with Crippen LogP contribution in [0, 0.1) is 0 Å². The van der Waals surface area contributed by atoms with Crippen molar-refractivity contribution >= 4 is 51.0 Å². The van der Waals surface area contributed by atoms with Crippen LogP contribution in [0.3, 0.4) is 0 Å². The first-order valence-corrected chi connectivity index (χ1v) is 23.8. The molecule has 0 radical (unpaired) electrons. The minimum absolute atomic E-state index is 0.928. The highest BCUT2D eigenvalue weighted by atomic mass is 15.2. The molecule has 0 aromatic heterocycles. The molecular formula is C67H48N2. The second-order valence-electron chi connectivity index (χ2n) is 17.7. The van der Waals surface area contributed by atoms with Crippen LogP contribution in [0.25, 0.3) is 72.5 Å². The Morgan fingerprint density at radius 1 is 0.261 bits per heavy atom. The maximum Gasteiger partial charge on any atom is 0.0540 e. The van der Waals surface area contributed by atoms with Crippen molar-refractivity contribution in [3.63, 3.8) is 0 Å². The lowest BCUT2D eigenvalue weighted by Gasteiger charge is -2.31. The first-order chi connectivity index (χ1) is 34.2. The average molecular weight is 881 g/mol. The molecule has 0 saturated carbocycles. The number of hydrogen-bond donors (Lipinski definition) is 0. The van der Waals surface area contributed by atoms with Crippen molar-refractivity contribution in [1.82, 2.24) is 0 Å². The summed E-state index contributed by atoms with van der Waals surface area (Å²) in [4.78, 5) is 4.86. The van der Waals surface area contributed by atoms with Crippen molar-refractivity contribution in [1.29, 1.82) is 0 Å². The Balaban J connectivity index is 0.957. The quantitative estimate of drug-likeness (QED) is 0.128. The Morgan fingerprint density at radius 2 is 0.623 bits per heavy atom. The van der Waals surface area contributed by atoms with Crippen LogP contribution in [-0.4, -0.2) is 0 Å². The van der Waals surface area contributed by atoms with Gasteiger partial charge in [0.25, 0.3) is 0 Å². The Hall–Kier alpha value is -8.98. The molecule has 0 unspecified atom stereocenters. The third kappa shape index (κ3) is 8.30. The molecule has 1 aliphatic carbocycles. The molecule has 0 fully saturated rings. The topological polar surface area (TPSA) is 6.48 Å². The van der Waals surface area contributed by atoms with Gasteiger partial charge in [0.1, 0.15) is 0 Å². The molecule has 326 valence electrons. The van der Waals surface area contributed by atoms with E-state index in [1.165, 1.54) is 66.4 Å². The number of benzene rings is 11. The highest BCUT2D eigenvalue weighted by Gasteiger charge is 2.23. The van der Waals surface area contributed by atoms with Gasteiger partial charge in [0.05, 0.1) is 11.4 Å². The monoisotopic (exact) mass is 880 g/mol. The van der Waals surface area contributed by atoms with Gasteiger partial charge in [-0.1, -0.05) is 218 Å². The van der Waals surface area contributed by atoms with Crippen LogP contribution in [-0.2, 0) is 6.42 Å². The van der Waals surface area contributed by atoms with Crippen LogP contribution in [0.5, 0.6) is 0 Å². The van der Waals surface area contributed by atoms with Gasteiger partial charge in [0, 0.05) is 33.9 Å². The predicted octanol–water partition coefficient (Wildman–Crippen LogP) is 18.7. The van der Waals surface area contributed by atoms with Gasteiger partial charge >= 0.3 is 0 Å². The van der Waals surface area contributed by atoms with Crippen molar-refractivity contribution in [3.05, 3.63) is 284 Å². The molecule has 0 N–H and O–H groups in total. The van der Waals surface area contributed by atoms with Crippen molar-refractivity contribution in [2.45, 2.75) is 6.42 Å². The Kier molecular flexibility index (Phi) is 11.0. The highest BCUT2D eigenvalue weighted by molar-refractivity contribution is 5.97. The molecule has 0 spiro atoms. The molecule has 0 saturated heterocycles. The Bertz CT molecular complexity index is 3590. The standard InChI is InChI=1S/C67H48N2/c1-3-14-48(15-4-1)52-26-30-54(31-27-52)56-34-40-60(41-35-56)68(62-44-38-50-18-7-8-19-58(50)46-62)66-24-11-9-22-64(66)65-23-10-12-25-67(65)69(63-45-39-51-20-13-21-59(51)47-63)61-42-36-57(37-43-61)55-32-28-53(29-33-55)49-16-5-2-6-17-49/h1-20,22-47H,21H2. The van der Waals surface area contributed by atoms with E-state index < -0.39 is 0 Å². The van der Waals surface area contributed by atoms with Gasteiger partial charge in [0.2, 0.25) is 0 Å². The summed E-state index contributed by atoms with van der Waals surface area (Å²) in [5, 5.41) is 2.41. The second kappa shape index (κ2) is 18.4. The van der Waals surface area contributed by atoms with E-state index in [1.54, 1.807) is 0 Å². The number of rotatable bonds is 11. The van der Waals surface area contributed by atoms with Gasteiger partial charge in [-0.05, 0) is 133 Å². The number of anilines is 6. The third-order valence-corrected chi connectivity index (χ3v) is 13.5. The van der Waals surface area contributed by atoms with E-state index in [0.29, 0.717) is 0 Å². The van der Waals surface area contributed by atoms with Gasteiger partial charge in [-0.25, -0.2) is 0 Å². The van der Waals surface area contributed by atoms with Crippen molar-refractivity contribution in [2.24, 2.45) is 0 Å². The van der Waals surface area contributed by atoms with Gasteiger partial charge in [0.15, 0.2) is 0 Å². The van der Waals surface area contributed by atoms with E-state index in [0.717, 1.165) is 51.7 Å². The zero-order valence-electron chi connectivity index (χ0n) is 38.2. The van der Waals surface area contributed by atoms with Crippen LogP contribution in [0.2, 0.25) is 0 Å². The molecule has 11 aromatic carbocycles. The fourth-order valence-corrected chi connectivity index (χ4v) is 9.92. The lowest BCUT2D eigenvalue weighted by atomic mass is 9.97. The Labute approximate surface area is 405 Å².